The third-order valence-electron chi connectivity index (χ3n) is 8.03. The second-order valence-corrected chi connectivity index (χ2v) is 12.3. The van der Waals surface area contributed by atoms with E-state index in [1.165, 1.54) is 0 Å². The van der Waals surface area contributed by atoms with Gasteiger partial charge in [0.05, 0.1) is 19.3 Å². The molecule has 2 aromatic heterocycles. The van der Waals surface area contributed by atoms with Crippen LogP contribution < -0.4 is 0 Å². The molecular formula is C34H38N4O5. The zero-order valence-electron chi connectivity index (χ0n) is 25.2. The summed E-state index contributed by atoms with van der Waals surface area (Å²) in [7, 11) is 0. The summed E-state index contributed by atoms with van der Waals surface area (Å²) in [5.41, 5.74) is 7.39. The Bertz CT molecular complexity index is 1640. The van der Waals surface area contributed by atoms with Crippen molar-refractivity contribution in [2.75, 3.05) is 26.3 Å². The van der Waals surface area contributed by atoms with Crippen LogP contribution in [0.3, 0.4) is 0 Å². The summed E-state index contributed by atoms with van der Waals surface area (Å²) in [6, 6.07) is 15.8. The van der Waals surface area contributed by atoms with Crippen LogP contribution in [-0.2, 0) is 33.8 Å². The van der Waals surface area contributed by atoms with Gasteiger partial charge in [-0.2, -0.15) is 0 Å². The molecule has 2 amide bonds. The number of fused-ring (bicyclic) bond motifs is 2. The van der Waals surface area contributed by atoms with Gasteiger partial charge >= 0.3 is 12.2 Å². The number of carbonyl (C=O) groups is 2. The monoisotopic (exact) mass is 582 g/mol. The van der Waals surface area contributed by atoms with Gasteiger partial charge in [-0.3, -0.25) is 4.90 Å². The van der Waals surface area contributed by atoms with E-state index in [0.29, 0.717) is 39.3 Å². The van der Waals surface area contributed by atoms with Gasteiger partial charge in [0, 0.05) is 43.0 Å². The lowest BCUT2D eigenvalue weighted by atomic mass is 9.87. The summed E-state index contributed by atoms with van der Waals surface area (Å²) in [6.07, 6.45) is 3.77. The molecule has 43 heavy (non-hydrogen) atoms. The van der Waals surface area contributed by atoms with Gasteiger partial charge < -0.3 is 24.1 Å². The topological polar surface area (TPSA) is 97.0 Å². The highest BCUT2D eigenvalue weighted by atomic mass is 16.6. The predicted molar refractivity (Wildman–Crippen MR) is 164 cm³/mol. The van der Waals surface area contributed by atoms with Gasteiger partial charge in [0.2, 0.25) is 0 Å². The number of aromatic nitrogens is 2. The van der Waals surface area contributed by atoms with Crippen molar-refractivity contribution in [3.05, 3.63) is 88.7 Å². The summed E-state index contributed by atoms with van der Waals surface area (Å²) in [6.45, 7) is 9.98. The third-order valence-corrected chi connectivity index (χ3v) is 8.03. The molecule has 4 aromatic rings. The Morgan fingerprint density at radius 3 is 2.67 bits per heavy atom. The summed E-state index contributed by atoms with van der Waals surface area (Å²) in [4.78, 5) is 38.0. The summed E-state index contributed by atoms with van der Waals surface area (Å²) < 4.78 is 17.4. The zero-order chi connectivity index (χ0) is 30.1. The Kier molecular flexibility index (Phi) is 7.83. The lowest BCUT2D eigenvalue weighted by Gasteiger charge is -2.39. The first-order valence-corrected chi connectivity index (χ1v) is 14.8. The molecule has 0 radical (unpaired) electrons. The maximum Gasteiger partial charge on any atom is 0.410 e. The molecule has 1 atom stereocenters. The summed E-state index contributed by atoms with van der Waals surface area (Å²) in [5, 5.41) is 1.07. The van der Waals surface area contributed by atoms with Crippen molar-refractivity contribution in [1.29, 1.82) is 0 Å². The van der Waals surface area contributed by atoms with Crippen LogP contribution in [0.25, 0.3) is 22.2 Å². The fraction of sp³-hybridized carbons (Fsp3) is 0.382. The fourth-order valence-electron chi connectivity index (χ4n) is 5.82. The lowest BCUT2D eigenvalue weighted by molar-refractivity contribution is -0.0334. The number of hydrogen-bond acceptors (Lipinski definition) is 6. The Morgan fingerprint density at radius 1 is 1.07 bits per heavy atom. The highest BCUT2D eigenvalue weighted by Crippen LogP contribution is 2.37. The molecule has 6 rings (SSSR count). The van der Waals surface area contributed by atoms with E-state index >= 15 is 0 Å². The second kappa shape index (κ2) is 11.7. The molecule has 1 fully saturated rings. The number of aromatic amines is 1. The van der Waals surface area contributed by atoms with Gasteiger partial charge in [-0.15, -0.1) is 0 Å². The average molecular weight is 583 g/mol. The van der Waals surface area contributed by atoms with Gasteiger partial charge in [-0.1, -0.05) is 36.4 Å². The van der Waals surface area contributed by atoms with Crippen molar-refractivity contribution in [2.45, 2.75) is 58.9 Å². The first kappa shape index (κ1) is 28.7. The number of amides is 2. The molecule has 4 heterocycles. The number of aryl methyl sites for hydroxylation is 1. The zero-order valence-corrected chi connectivity index (χ0v) is 25.2. The van der Waals surface area contributed by atoms with E-state index in [0.717, 1.165) is 50.0 Å². The normalized spacial score (nSPS) is 17.1. The van der Waals surface area contributed by atoms with Crippen molar-refractivity contribution in [3.63, 3.8) is 0 Å². The number of benzene rings is 2. The van der Waals surface area contributed by atoms with Gasteiger partial charge in [-0.05, 0) is 79.6 Å². The highest BCUT2D eigenvalue weighted by molar-refractivity contribution is 5.85. The summed E-state index contributed by atoms with van der Waals surface area (Å²) >= 11 is 0. The van der Waals surface area contributed by atoms with E-state index in [9.17, 15) is 9.59 Å². The van der Waals surface area contributed by atoms with Crippen molar-refractivity contribution >= 4 is 23.2 Å². The maximum atomic E-state index is 13.4. The molecule has 0 saturated carbocycles. The smallest absolute Gasteiger partial charge is 0.410 e. The lowest BCUT2D eigenvalue weighted by Crippen LogP contribution is -2.46. The van der Waals surface area contributed by atoms with E-state index in [4.69, 9.17) is 14.2 Å². The first-order chi connectivity index (χ1) is 20.7. The number of morpholine rings is 1. The summed E-state index contributed by atoms with van der Waals surface area (Å²) in [5.74, 6) is 0. The molecule has 0 aliphatic carbocycles. The molecule has 1 saturated heterocycles. The molecular weight excluding hydrogens is 544 g/mol. The molecule has 2 aromatic carbocycles. The van der Waals surface area contributed by atoms with Crippen LogP contribution in [0.2, 0.25) is 0 Å². The molecule has 0 spiro atoms. The molecule has 9 nitrogen and oxygen atoms in total. The Hall–Kier alpha value is -4.37. The van der Waals surface area contributed by atoms with Gasteiger partial charge in [0.1, 0.15) is 17.9 Å². The predicted octanol–water partition coefficient (Wildman–Crippen LogP) is 6.54. The quantitative estimate of drug-likeness (QED) is 0.293. The average Bonchev–Trinajstić information content (AvgIpc) is 3.38. The molecule has 2 aliphatic heterocycles. The van der Waals surface area contributed by atoms with Gasteiger partial charge in [0.25, 0.3) is 0 Å². The fourth-order valence-corrected chi connectivity index (χ4v) is 5.82. The second-order valence-electron chi connectivity index (χ2n) is 12.3. The van der Waals surface area contributed by atoms with E-state index in [2.05, 4.69) is 35.1 Å². The number of nitrogens with one attached hydrogen (secondary N) is 1. The van der Waals surface area contributed by atoms with Crippen LogP contribution in [0.4, 0.5) is 9.59 Å². The van der Waals surface area contributed by atoms with E-state index in [-0.39, 0.29) is 24.8 Å². The Morgan fingerprint density at radius 2 is 1.88 bits per heavy atom. The minimum atomic E-state index is -0.629. The number of ether oxygens (including phenoxy) is 3. The van der Waals surface area contributed by atoms with Gasteiger partial charge in [0.15, 0.2) is 0 Å². The Labute approximate surface area is 251 Å². The number of pyridine rings is 1. The van der Waals surface area contributed by atoms with Crippen LogP contribution in [0, 0.1) is 6.92 Å². The van der Waals surface area contributed by atoms with Crippen LogP contribution in [0.1, 0.15) is 54.6 Å². The number of nitrogens with zero attached hydrogens (tertiary/aromatic N) is 3. The van der Waals surface area contributed by atoms with E-state index in [1.54, 1.807) is 9.80 Å². The number of H-pyrrole nitrogens is 1. The largest absolute Gasteiger partial charge is 0.445 e. The van der Waals surface area contributed by atoms with E-state index < -0.39 is 5.60 Å². The minimum Gasteiger partial charge on any atom is -0.445 e. The van der Waals surface area contributed by atoms with Crippen LogP contribution >= 0.6 is 0 Å². The minimum absolute atomic E-state index is 0.214. The highest BCUT2D eigenvalue weighted by Gasteiger charge is 2.36. The number of carbonyl (C=O) groups excluding carboxylic acids is 2. The first-order valence-electron chi connectivity index (χ1n) is 14.8. The number of rotatable bonds is 4. The van der Waals surface area contributed by atoms with Gasteiger partial charge in [-0.25, -0.2) is 14.6 Å². The van der Waals surface area contributed by atoms with Crippen LogP contribution in [-0.4, -0.2) is 63.9 Å². The molecule has 224 valence electrons. The SMILES string of the molecule is Cc1c[nH]c2ncc(-c3cc4c(c([C@@H]5COCCN5C(=O)OC(C)(C)C)c3)CN(C(=O)OCc3ccccc3)CC4)cc12. The van der Waals surface area contributed by atoms with E-state index in [1.807, 2.05) is 63.5 Å². The van der Waals surface area contributed by atoms with Crippen molar-refractivity contribution in [2.24, 2.45) is 0 Å². The maximum absolute atomic E-state index is 13.4. The van der Waals surface area contributed by atoms with Crippen molar-refractivity contribution < 1.29 is 23.8 Å². The van der Waals surface area contributed by atoms with Crippen LogP contribution in [0.15, 0.2) is 60.9 Å². The number of hydrogen-bond donors (Lipinski definition) is 1. The molecule has 0 bridgehead atoms. The molecule has 2 aliphatic rings. The van der Waals surface area contributed by atoms with Crippen LogP contribution in [0.5, 0.6) is 0 Å². The van der Waals surface area contributed by atoms with Crippen molar-refractivity contribution in [3.8, 4) is 11.1 Å². The van der Waals surface area contributed by atoms with Crippen molar-refractivity contribution in [1.82, 2.24) is 19.8 Å². The standard InChI is InChI=1S/C34H38N4O5/c1-22-17-35-31-27(22)16-26(18-36-31)25-14-24-10-11-37(32(39)42-20-23-8-6-5-7-9-23)19-29(24)28(15-25)30-21-41-13-12-38(30)33(40)43-34(2,3)4/h5-9,14-18,30H,10-13,19-21H2,1-4H3,(H,35,36)/t30-/m0/s1. The molecule has 1 N–H and O–H groups in total. The molecule has 0 unspecified atom stereocenters. The molecule has 9 heteroatoms. The Balaban J connectivity index is 1.37. The third kappa shape index (κ3) is 6.22.